The van der Waals surface area contributed by atoms with Gasteiger partial charge in [0.15, 0.2) is 0 Å². The minimum Gasteiger partial charge on any atom is -0.497 e. The second kappa shape index (κ2) is 11.8. The molecule has 1 aliphatic heterocycles. The number of ether oxygens (including phenoxy) is 3. The average molecular weight is 562 g/mol. The molecule has 41 heavy (non-hydrogen) atoms. The number of anilines is 1. The first kappa shape index (κ1) is 28.5. The van der Waals surface area contributed by atoms with Gasteiger partial charge < -0.3 is 24.2 Å². The lowest BCUT2D eigenvalue weighted by molar-refractivity contribution is -0.138. The molecule has 1 N–H and O–H groups in total. The van der Waals surface area contributed by atoms with Crippen molar-refractivity contribution in [2.24, 2.45) is 5.92 Å². The van der Waals surface area contributed by atoms with Crippen LogP contribution in [-0.2, 0) is 9.53 Å². The maximum Gasteiger partial charge on any atom is 0.232 e. The van der Waals surface area contributed by atoms with Gasteiger partial charge in [-0.3, -0.25) is 4.79 Å². The Morgan fingerprint density at radius 1 is 0.951 bits per heavy atom. The Balaban J connectivity index is 1.43. The number of hydrogen-bond acceptors (Lipinski definition) is 5. The van der Waals surface area contributed by atoms with E-state index in [9.17, 15) is 18.7 Å². The third-order valence-corrected chi connectivity index (χ3v) is 8.08. The predicted octanol–water partition coefficient (Wildman–Crippen LogP) is 6.26. The summed E-state index contributed by atoms with van der Waals surface area (Å²) in [5.41, 5.74) is 2.18. The molecule has 1 unspecified atom stereocenters. The zero-order valence-electron chi connectivity index (χ0n) is 23.2. The first-order valence-corrected chi connectivity index (χ1v) is 13.5. The molecule has 0 bridgehead atoms. The van der Waals surface area contributed by atoms with Crippen LogP contribution in [0.25, 0.3) is 5.57 Å². The monoisotopic (exact) mass is 561 g/mol. The van der Waals surface area contributed by atoms with E-state index in [2.05, 4.69) is 6.08 Å². The number of carbonyl (C=O) groups is 1. The van der Waals surface area contributed by atoms with Crippen LogP contribution in [0, 0.1) is 17.6 Å². The van der Waals surface area contributed by atoms with Gasteiger partial charge in [-0.25, -0.2) is 8.78 Å². The van der Waals surface area contributed by atoms with Crippen molar-refractivity contribution in [3.05, 3.63) is 108 Å². The van der Waals surface area contributed by atoms with Crippen LogP contribution < -0.4 is 14.4 Å². The minimum atomic E-state index is -0.861. The molecule has 5 rings (SSSR count). The number of aliphatic hydroxyl groups excluding tert-OH is 1. The van der Waals surface area contributed by atoms with Crippen LogP contribution in [0.15, 0.2) is 85.0 Å². The number of β-lactam (4-membered cyclic amide) rings is 1. The van der Waals surface area contributed by atoms with Gasteiger partial charge in [0.2, 0.25) is 5.91 Å². The molecule has 1 fully saturated rings. The van der Waals surface area contributed by atoms with Crippen LogP contribution in [-0.4, -0.2) is 44.0 Å². The van der Waals surface area contributed by atoms with Crippen molar-refractivity contribution in [3.63, 3.8) is 0 Å². The van der Waals surface area contributed by atoms with Gasteiger partial charge in [0.1, 0.15) is 28.7 Å². The Bertz CT molecular complexity index is 1430. The SMILES string of the molecule is COc1cc(OC)cc(C2=CCC(OC)([C@@H]3[C@@H](CC[C@H](O)c4ccc(F)cc4)C(=O)N3c3ccc(F)cc3)C=C2)c1. The number of carbonyl (C=O) groups excluding carboxylic acids is 1. The molecule has 4 atom stereocenters. The van der Waals surface area contributed by atoms with E-state index in [1.165, 1.54) is 24.3 Å². The molecule has 6 nitrogen and oxygen atoms in total. The van der Waals surface area contributed by atoms with Gasteiger partial charge in [0.25, 0.3) is 0 Å². The largest absolute Gasteiger partial charge is 0.497 e. The van der Waals surface area contributed by atoms with E-state index in [1.807, 2.05) is 30.4 Å². The smallest absolute Gasteiger partial charge is 0.232 e. The lowest BCUT2D eigenvalue weighted by Gasteiger charge is -2.55. The van der Waals surface area contributed by atoms with Gasteiger partial charge in [0, 0.05) is 25.3 Å². The fraction of sp³-hybridized carbons (Fsp3) is 0.303. The molecule has 0 aromatic heterocycles. The normalized spacial score (nSPS) is 22.6. The molecule has 3 aromatic carbocycles. The number of nitrogens with zero attached hydrogens (tertiary/aromatic N) is 1. The van der Waals surface area contributed by atoms with Crippen molar-refractivity contribution in [1.82, 2.24) is 0 Å². The average Bonchev–Trinajstić information content (AvgIpc) is 3.00. The van der Waals surface area contributed by atoms with Crippen molar-refractivity contribution in [3.8, 4) is 11.5 Å². The number of halogens is 2. The third-order valence-electron chi connectivity index (χ3n) is 8.08. The van der Waals surface area contributed by atoms with Gasteiger partial charge in [-0.1, -0.05) is 24.3 Å². The topological polar surface area (TPSA) is 68.2 Å². The van der Waals surface area contributed by atoms with Crippen LogP contribution >= 0.6 is 0 Å². The second-order valence-electron chi connectivity index (χ2n) is 10.3. The van der Waals surface area contributed by atoms with Gasteiger partial charge in [-0.15, -0.1) is 0 Å². The van der Waals surface area contributed by atoms with Crippen LogP contribution in [0.1, 0.15) is 36.5 Å². The minimum absolute atomic E-state index is 0.120. The summed E-state index contributed by atoms with van der Waals surface area (Å²) in [5, 5.41) is 10.8. The summed E-state index contributed by atoms with van der Waals surface area (Å²) in [7, 11) is 4.82. The lowest BCUT2D eigenvalue weighted by Crippen LogP contribution is -2.70. The van der Waals surface area contributed by atoms with E-state index in [0.717, 1.165) is 11.1 Å². The van der Waals surface area contributed by atoms with Crippen molar-refractivity contribution in [2.75, 3.05) is 26.2 Å². The maximum absolute atomic E-state index is 13.7. The second-order valence-corrected chi connectivity index (χ2v) is 10.3. The Hall–Kier alpha value is -4.01. The summed E-state index contributed by atoms with van der Waals surface area (Å²) in [6, 6.07) is 16.8. The zero-order valence-corrected chi connectivity index (χ0v) is 23.2. The molecule has 0 saturated carbocycles. The molecule has 1 heterocycles. The highest BCUT2D eigenvalue weighted by atomic mass is 19.1. The molecule has 0 spiro atoms. The van der Waals surface area contributed by atoms with Crippen molar-refractivity contribution < 1.29 is 32.9 Å². The number of aliphatic hydroxyl groups is 1. The first-order chi connectivity index (χ1) is 19.8. The molecule has 1 saturated heterocycles. The van der Waals surface area contributed by atoms with E-state index in [0.29, 0.717) is 42.0 Å². The van der Waals surface area contributed by atoms with E-state index in [-0.39, 0.29) is 11.7 Å². The van der Waals surface area contributed by atoms with E-state index in [4.69, 9.17) is 14.2 Å². The zero-order chi connectivity index (χ0) is 29.1. The molecular weight excluding hydrogens is 528 g/mol. The lowest BCUT2D eigenvalue weighted by atomic mass is 9.69. The van der Waals surface area contributed by atoms with Gasteiger partial charge in [-0.2, -0.15) is 0 Å². The summed E-state index contributed by atoms with van der Waals surface area (Å²) >= 11 is 0. The number of allylic oxidation sites excluding steroid dienone is 2. The van der Waals surface area contributed by atoms with E-state index >= 15 is 0 Å². The van der Waals surface area contributed by atoms with E-state index in [1.54, 1.807) is 50.5 Å². The molecule has 0 radical (unpaired) electrons. The molecule has 8 heteroatoms. The Labute approximate surface area is 238 Å². The van der Waals surface area contributed by atoms with Crippen molar-refractivity contribution in [2.45, 2.75) is 37.0 Å². The molecule has 3 aromatic rings. The first-order valence-electron chi connectivity index (χ1n) is 13.5. The highest BCUT2D eigenvalue weighted by Gasteiger charge is 2.57. The fourth-order valence-corrected chi connectivity index (χ4v) is 5.78. The molecule has 1 aliphatic carbocycles. The van der Waals surface area contributed by atoms with Crippen LogP contribution in [0.3, 0.4) is 0 Å². The van der Waals surface area contributed by atoms with Crippen molar-refractivity contribution >= 4 is 17.2 Å². The van der Waals surface area contributed by atoms with Crippen LogP contribution in [0.2, 0.25) is 0 Å². The number of hydrogen-bond donors (Lipinski definition) is 1. The maximum atomic E-state index is 13.7. The summed E-state index contributed by atoms with van der Waals surface area (Å²) in [4.78, 5) is 15.2. The molecule has 214 valence electrons. The van der Waals surface area contributed by atoms with E-state index < -0.39 is 29.5 Å². The molecule has 2 aliphatic rings. The molecule has 1 amide bonds. The number of rotatable bonds is 10. The Kier molecular flexibility index (Phi) is 8.24. The highest BCUT2D eigenvalue weighted by Crippen LogP contribution is 2.47. The van der Waals surface area contributed by atoms with Gasteiger partial charge in [0.05, 0.1) is 32.3 Å². The summed E-state index contributed by atoms with van der Waals surface area (Å²) in [6.45, 7) is 0. The number of methoxy groups -OCH3 is 3. The van der Waals surface area contributed by atoms with Crippen LogP contribution in [0.4, 0.5) is 14.5 Å². The van der Waals surface area contributed by atoms with Crippen molar-refractivity contribution in [1.29, 1.82) is 0 Å². The fourth-order valence-electron chi connectivity index (χ4n) is 5.78. The third kappa shape index (κ3) is 5.62. The number of benzene rings is 3. The molecular formula is C33H33F2NO5. The Morgan fingerprint density at radius 2 is 1.56 bits per heavy atom. The highest BCUT2D eigenvalue weighted by molar-refractivity contribution is 6.03. The standard InChI is InChI=1S/C33H33F2NO5/c1-39-27-18-23(19-28(20-27)40-2)21-14-16-33(41-3,17-15-21)31-29(12-13-30(37)22-4-6-24(34)7-5-22)32(38)36(31)26-10-8-25(35)9-11-26/h4-11,14-16,18-20,29-31,37H,12-13,17H2,1-3H3/t29-,30+,31+,33?/m1/s1. The summed E-state index contributed by atoms with van der Waals surface area (Å²) in [6.07, 6.45) is 6.34. The predicted molar refractivity (Wildman–Crippen MR) is 153 cm³/mol. The quantitative estimate of drug-likeness (QED) is 0.296. The Morgan fingerprint density at radius 3 is 2.10 bits per heavy atom. The summed E-state index contributed by atoms with van der Waals surface area (Å²) in [5.74, 6) is -0.00145. The van der Waals surface area contributed by atoms with Gasteiger partial charge in [-0.05, 0) is 84.1 Å². The van der Waals surface area contributed by atoms with Crippen LogP contribution in [0.5, 0.6) is 11.5 Å². The summed E-state index contributed by atoms with van der Waals surface area (Å²) < 4.78 is 44.1. The van der Waals surface area contributed by atoms with Gasteiger partial charge >= 0.3 is 0 Å². The number of amides is 1.